The van der Waals surface area contributed by atoms with Gasteiger partial charge in [0.25, 0.3) is 0 Å². The average molecular weight is 325 g/mol. The number of aliphatic hydroxyl groups excluding tert-OH is 1. The standard InChI is InChI=1S/C17H27NO3S/c1-12-9-14(17(3,4)5)10-13(2)16(12)22(20,21)18-8-6-7-15(19)11-18/h9-10,15,19H,6-8,11H2,1-5H3. The van der Waals surface area contributed by atoms with Crippen molar-refractivity contribution in [2.75, 3.05) is 13.1 Å². The maximum atomic E-state index is 13.0. The third-order valence-electron chi connectivity index (χ3n) is 4.28. The van der Waals surface area contributed by atoms with Crippen LogP contribution in [0.3, 0.4) is 0 Å². The van der Waals surface area contributed by atoms with E-state index in [9.17, 15) is 13.5 Å². The van der Waals surface area contributed by atoms with Crippen molar-refractivity contribution in [2.24, 2.45) is 0 Å². The summed E-state index contributed by atoms with van der Waals surface area (Å²) < 4.78 is 27.3. The summed E-state index contributed by atoms with van der Waals surface area (Å²) in [6, 6.07) is 3.94. The summed E-state index contributed by atoms with van der Waals surface area (Å²) in [5.41, 5.74) is 2.69. The van der Waals surface area contributed by atoms with Gasteiger partial charge in [0.05, 0.1) is 11.0 Å². The van der Waals surface area contributed by atoms with E-state index in [0.29, 0.717) is 24.3 Å². The van der Waals surface area contributed by atoms with Crippen LogP contribution in [0.1, 0.15) is 50.3 Å². The fourth-order valence-corrected chi connectivity index (χ4v) is 4.99. The van der Waals surface area contributed by atoms with Crippen LogP contribution in [0, 0.1) is 13.8 Å². The van der Waals surface area contributed by atoms with E-state index in [1.807, 2.05) is 26.0 Å². The molecule has 1 unspecified atom stereocenters. The molecule has 1 aromatic rings. The molecule has 0 radical (unpaired) electrons. The molecular weight excluding hydrogens is 298 g/mol. The van der Waals surface area contributed by atoms with E-state index in [0.717, 1.165) is 16.7 Å². The van der Waals surface area contributed by atoms with Gasteiger partial charge in [0.1, 0.15) is 0 Å². The summed E-state index contributed by atoms with van der Waals surface area (Å²) in [6.45, 7) is 10.8. The molecule has 0 bridgehead atoms. The second-order valence-electron chi connectivity index (χ2n) is 7.35. The van der Waals surface area contributed by atoms with E-state index in [1.54, 1.807) is 0 Å². The molecule has 1 N–H and O–H groups in total. The molecule has 124 valence electrons. The largest absolute Gasteiger partial charge is 0.392 e. The van der Waals surface area contributed by atoms with Crippen LogP contribution in [0.5, 0.6) is 0 Å². The van der Waals surface area contributed by atoms with Crippen LogP contribution in [0.15, 0.2) is 17.0 Å². The van der Waals surface area contributed by atoms with Gasteiger partial charge in [0, 0.05) is 13.1 Å². The maximum Gasteiger partial charge on any atom is 0.243 e. The number of hydrogen-bond acceptors (Lipinski definition) is 3. The molecule has 1 atom stereocenters. The van der Waals surface area contributed by atoms with Crippen LogP contribution in [-0.2, 0) is 15.4 Å². The molecular formula is C17H27NO3S. The van der Waals surface area contributed by atoms with Gasteiger partial charge in [0.2, 0.25) is 10.0 Å². The molecule has 1 heterocycles. The minimum absolute atomic E-state index is 0.0148. The molecule has 1 aromatic carbocycles. The number of benzene rings is 1. The third-order valence-corrected chi connectivity index (χ3v) is 6.45. The predicted molar refractivity (Wildman–Crippen MR) is 88.6 cm³/mol. The molecule has 0 saturated carbocycles. The van der Waals surface area contributed by atoms with Gasteiger partial charge in [-0.15, -0.1) is 0 Å². The van der Waals surface area contributed by atoms with Crippen molar-refractivity contribution in [2.45, 2.75) is 63.9 Å². The predicted octanol–water partition coefficient (Wildman–Crippen LogP) is 2.75. The number of rotatable bonds is 2. The first kappa shape index (κ1) is 17.4. The zero-order valence-electron chi connectivity index (χ0n) is 14.2. The zero-order chi connectivity index (χ0) is 16.7. The first-order chi connectivity index (χ1) is 10.0. The van der Waals surface area contributed by atoms with Gasteiger partial charge in [-0.3, -0.25) is 0 Å². The summed E-state index contributed by atoms with van der Waals surface area (Å²) >= 11 is 0. The monoisotopic (exact) mass is 325 g/mol. The van der Waals surface area contributed by atoms with Crippen molar-refractivity contribution in [3.8, 4) is 0 Å². The van der Waals surface area contributed by atoms with E-state index in [-0.39, 0.29) is 12.0 Å². The van der Waals surface area contributed by atoms with Gasteiger partial charge >= 0.3 is 0 Å². The lowest BCUT2D eigenvalue weighted by molar-refractivity contribution is 0.108. The number of aliphatic hydroxyl groups is 1. The molecule has 1 saturated heterocycles. The van der Waals surface area contributed by atoms with Crippen LogP contribution in [-0.4, -0.2) is 37.0 Å². The van der Waals surface area contributed by atoms with Crippen molar-refractivity contribution < 1.29 is 13.5 Å². The van der Waals surface area contributed by atoms with E-state index in [2.05, 4.69) is 20.8 Å². The summed E-state index contributed by atoms with van der Waals surface area (Å²) in [7, 11) is -3.55. The van der Waals surface area contributed by atoms with Gasteiger partial charge in [-0.25, -0.2) is 8.42 Å². The third kappa shape index (κ3) is 3.36. The fourth-order valence-electron chi connectivity index (χ4n) is 3.06. The molecule has 0 aliphatic carbocycles. The average Bonchev–Trinajstić information content (AvgIpc) is 2.36. The first-order valence-electron chi connectivity index (χ1n) is 7.83. The number of hydrogen-bond donors (Lipinski definition) is 1. The highest BCUT2D eigenvalue weighted by Gasteiger charge is 2.32. The van der Waals surface area contributed by atoms with Crippen LogP contribution in [0.4, 0.5) is 0 Å². The Bertz CT molecular complexity index is 636. The Balaban J connectivity index is 2.48. The normalized spacial score (nSPS) is 21.1. The van der Waals surface area contributed by atoms with E-state index >= 15 is 0 Å². The molecule has 0 aromatic heterocycles. The molecule has 1 aliphatic rings. The van der Waals surface area contributed by atoms with Crippen LogP contribution in [0.2, 0.25) is 0 Å². The zero-order valence-corrected chi connectivity index (χ0v) is 15.0. The lowest BCUT2D eigenvalue weighted by atomic mass is 9.85. The maximum absolute atomic E-state index is 13.0. The number of sulfonamides is 1. The number of piperidine rings is 1. The highest BCUT2D eigenvalue weighted by atomic mass is 32.2. The molecule has 4 nitrogen and oxygen atoms in total. The van der Waals surface area contributed by atoms with Gasteiger partial charge in [-0.05, 0) is 48.8 Å². The molecule has 5 heteroatoms. The molecule has 0 amide bonds. The Morgan fingerprint density at radius 3 is 2.18 bits per heavy atom. The van der Waals surface area contributed by atoms with E-state index < -0.39 is 16.1 Å². The Morgan fingerprint density at radius 2 is 1.73 bits per heavy atom. The summed E-state index contributed by atoms with van der Waals surface area (Å²) in [5.74, 6) is 0. The second-order valence-corrected chi connectivity index (χ2v) is 9.22. The summed E-state index contributed by atoms with van der Waals surface area (Å²) in [4.78, 5) is 0.398. The Hall–Kier alpha value is -0.910. The number of nitrogens with zero attached hydrogens (tertiary/aromatic N) is 1. The molecule has 0 spiro atoms. The lowest BCUT2D eigenvalue weighted by Gasteiger charge is -2.31. The van der Waals surface area contributed by atoms with Gasteiger partial charge in [-0.1, -0.05) is 32.9 Å². The van der Waals surface area contributed by atoms with Crippen LogP contribution in [0.25, 0.3) is 0 Å². The first-order valence-corrected chi connectivity index (χ1v) is 9.27. The van der Waals surface area contributed by atoms with Crippen molar-refractivity contribution in [1.82, 2.24) is 4.31 Å². The second kappa shape index (κ2) is 5.95. The molecule has 1 aliphatic heterocycles. The van der Waals surface area contributed by atoms with Crippen molar-refractivity contribution in [3.63, 3.8) is 0 Å². The number of aryl methyl sites for hydroxylation is 2. The summed E-state index contributed by atoms with van der Waals surface area (Å²) in [6.07, 6.45) is 0.823. The van der Waals surface area contributed by atoms with E-state index in [1.165, 1.54) is 4.31 Å². The smallest absolute Gasteiger partial charge is 0.243 e. The lowest BCUT2D eigenvalue weighted by Crippen LogP contribution is -2.42. The quantitative estimate of drug-likeness (QED) is 0.909. The van der Waals surface area contributed by atoms with Gasteiger partial charge < -0.3 is 5.11 Å². The molecule has 1 fully saturated rings. The van der Waals surface area contributed by atoms with E-state index in [4.69, 9.17) is 0 Å². The van der Waals surface area contributed by atoms with Crippen LogP contribution < -0.4 is 0 Å². The molecule has 22 heavy (non-hydrogen) atoms. The summed E-state index contributed by atoms with van der Waals surface area (Å²) in [5, 5.41) is 9.77. The Kier molecular flexibility index (Phi) is 4.71. The van der Waals surface area contributed by atoms with Crippen molar-refractivity contribution in [3.05, 3.63) is 28.8 Å². The van der Waals surface area contributed by atoms with Crippen molar-refractivity contribution in [1.29, 1.82) is 0 Å². The minimum atomic E-state index is -3.55. The minimum Gasteiger partial charge on any atom is -0.392 e. The van der Waals surface area contributed by atoms with Crippen LogP contribution >= 0.6 is 0 Å². The Morgan fingerprint density at radius 1 is 1.18 bits per heavy atom. The number of β-amino-alcohol motifs (C(OH)–C–C–N with tert-alkyl or cyclic N) is 1. The van der Waals surface area contributed by atoms with Gasteiger partial charge in [0.15, 0.2) is 0 Å². The highest BCUT2D eigenvalue weighted by Crippen LogP contribution is 2.31. The van der Waals surface area contributed by atoms with Gasteiger partial charge in [-0.2, -0.15) is 4.31 Å². The van der Waals surface area contributed by atoms with Crippen molar-refractivity contribution >= 4 is 10.0 Å². The highest BCUT2D eigenvalue weighted by molar-refractivity contribution is 7.89. The topological polar surface area (TPSA) is 57.6 Å². The Labute approximate surface area is 134 Å². The fraction of sp³-hybridized carbons (Fsp3) is 0.647. The SMILES string of the molecule is Cc1cc(C(C)(C)C)cc(C)c1S(=O)(=O)N1CCCC(O)C1. The molecule has 2 rings (SSSR count).